The van der Waals surface area contributed by atoms with Crippen molar-refractivity contribution < 1.29 is 23.9 Å². The molecular formula is C28H35N3O5. The topological polar surface area (TPSA) is 96.0 Å². The van der Waals surface area contributed by atoms with Crippen molar-refractivity contribution in [3.05, 3.63) is 65.2 Å². The van der Waals surface area contributed by atoms with Gasteiger partial charge in [-0.15, -0.1) is 0 Å². The number of methoxy groups -OCH3 is 1. The lowest BCUT2D eigenvalue weighted by atomic mass is 10.1. The van der Waals surface area contributed by atoms with Gasteiger partial charge in [-0.2, -0.15) is 0 Å². The summed E-state index contributed by atoms with van der Waals surface area (Å²) in [6, 6.07) is 13.5. The standard InChI is InChI=1S/C28H35N3O5/c1-5-19(3)29-26(33)24(6-2)31(18-20-13-15-21(36-4)16-14-20)25(32)12-9-17-30-27(34)22-10-7-8-11-23(22)28(30)35/h7-8,10-11,13-16,19,24H,5-6,9,12,17-18H2,1-4H3,(H,29,33)/t19-,24+/m0/s1. The zero-order valence-electron chi connectivity index (χ0n) is 21.5. The molecule has 0 saturated carbocycles. The molecule has 0 spiro atoms. The average Bonchev–Trinajstić information content (AvgIpc) is 3.13. The number of fused-ring (bicyclic) bond motifs is 1. The molecular weight excluding hydrogens is 458 g/mol. The molecule has 2 atom stereocenters. The van der Waals surface area contributed by atoms with Crippen LogP contribution in [0.25, 0.3) is 0 Å². The van der Waals surface area contributed by atoms with Crippen molar-refractivity contribution in [3.63, 3.8) is 0 Å². The molecule has 192 valence electrons. The first kappa shape index (κ1) is 26.9. The summed E-state index contributed by atoms with van der Waals surface area (Å²) in [4.78, 5) is 54.5. The predicted molar refractivity (Wildman–Crippen MR) is 137 cm³/mol. The van der Waals surface area contributed by atoms with Gasteiger partial charge in [-0.1, -0.05) is 38.1 Å². The highest BCUT2D eigenvalue weighted by Gasteiger charge is 2.35. The highest BCUT2D eigenvalue weighted by Crippen LogP contribution is 2.23. The van der Waals surface area contributed by atoms with E-state index < -0.39 is 6.04 Å². The van der Waals surface area contributed by atoms with E-state index in [1.807, 2.05) is 45.0 Å². The van der Waals surface area contributed by atoms with E-state index in [2.05, 4.69) is 5.32 Å². The SMILES string of the molecule is CC[C@H](C(=O)N[C@@H](C)CC)N(Cc1ccc(OC)cc1)C(=O)CCCN1C(=O)c2ccccc2C1=O. The van der Waals surface area contributed by atoms with Gasteiger partial charge in [0.15, 0.2) is 0 Å². The number of ether oxygens (including phenoxy) is 1. The minimum atomic E-state index is -0.632. The zero-order chi connectivity index (χ0) is 26.2. The van der Waals surface area contributed by atoms with E-state index in [1.54, 1.807) is 36.3 Å². The fraction of sp³-hybridized carbons (Fsp3) is 0.429. The fourth-order valence-electron chi connectivity index (χ4n) is 4.26. The number of hydrogen-bond acceptors (Lipinski definition) is 5. The third-order valence-corrected chi connectivity index (χ3v) is 6.55. The van der Waals surface area contributed by atoms with Crippen LogP contribution in [0.5, 0.6) is 5.75 Å². The van der Waals surface area contributed by atoms with E-state index in [0.717, 1.165) is 12.0 Å². The predicted octanol–water partition coefficient (Wildman–Crippen LogP) is 3.79. The van der Waals surface area contributed by atoms with Crippen molar-refractivity contribution in [1.82, 2.24) is 15.1 Å². The number of carbonyl (C=O) groups is 4. The maximum atomic E-state index is 13.4. The Bertz CT molecular complexity index is 1060. The van der Waals surface area contributed by atoms with Gasteiger partial charge in [0.05, 0.1) is 18.2 Å². The second-order valence-electron chi connectivity index (χ2n) is 9.02. The molecule has 8 nitrogen and oxygen atoms in total. The van der Waals surface area contributed by atoms with Crippen LogP contribution in [0.1, 0.15) is 72.7 Å². The van der Waals surface area contributed by atoms with E-state index in [4.69, 9.17) is 4.74 Å². The number of imide groups is 1. The molecule has 0 aliphatic carbocycles. The van der Waals surface area contributed by atoms with Gasteiger partial charge < -0.3 is 15.0 Å². The lowest BCUT2D eigenvalue weighted by molar-refractivity contribution is -0.141. The highest BCUT2D eigenvalue weighted by atomic mass is 16.5. The van der Waals surface area contributed by atoms with Crippen molar-refractivity contribution in [2.75, 3.05) is 13.7 Å². The number of nitrogens with zero attached hydrogens (tertiary/aromatic N) is 2. The molecule has 0 fully saturated rings. The molecule has 3 rings (SSSR count). The fourth-order valence-corrected chi connectivity index (χ4v) is 4.26. The first-order chi connectivity index (χ1) is 17.3. The largest absolute Gasteiger partial charge is 0.497 e. The van der Waals surface area contributed by atoms with Gasteiger partial charge in [-0.05, 0) is 56.0 Å². The molecule has 0 radical (unpaired) electrons. The molecule has 1 aliphatic rings. The molecule has 0 aromatic heterocycles. The number of benzene rings is 2. The molecule has 0 bridgehead atoms. The smallest absolute Gasteiger partial charge is 0.261 e. The number of rotatable bonds is 12. The monoisotopic (exact) mass is 493 g/mol. The van der Waals surface area contributed by atoms with E-state index in [1.165, 1.54) is 4.90 Å². The Hall–Kier alpha value is -3.68. The van der Waals surface area contributed by atoms with Crippen molar-refractivity contribution in [2.24, 2.45) is 0 Å². The van der Waals surface area contributed by atoms with E-state index in [9.17, 15) is 19.2 Å². The Morgan fingerprint density at radius 1 is 0.972 bits per heavy atom. The molecule has 1 aliphatic heterocycles. The van der Waals surface area contributed by atoms with Crippen LogP contribution in [0.4, 0.5) is 0 Å². The summed E-state index contributed by atoms with van der Waals surface area (Å²) in [5.74, 6) is -0.350. The second kappa shape index (κ2) is 12.3. The van der Waals surface area contributed by atoms with Crippen LogP contribution in [0.2, 0.25) is 0 Å². The summed E-state index contributed by atoms with van der Waals surface area (Å²) in [5, 5.41) is 2.99. The summed E-state index contributed by atoms with van der Waals surface area (Å²) in [5.41, 5.74) is 1.66. The molecule has 0 saturated heterocycles. The molecule has 1 N–H and O–H groups in total. The van der Waals surface area contributed by atoms with Gasteiger partial charge in [-0.25, -0.2) is 0 Å². The van der Waals surface area contributed by atoms with Gasteiger partial charge in [0, 0.05) is 25.6 Å². The Kier molecular flexibility index (Phi) is 9.22. The highest BCUT2D eigenvalue weighted by molar-refractivity contribution is 6.21. The van der Waals surface area contributed by atoms with E-state index >= 15 is 0 Å². The minimum absolute atomic E-state index is 0.00156. The molecule has 8 heteroatoms. The summed E-state index contributed by atoms with van der Waals surface area (Å²) in [6.45, 7) is 6.22. The Morgan fingerprint density at radius 3 is 2.11 bits per heavy atom. The Morgan fingerprint density at radius 2 is 1.58 bits per heavy atom. The van der Waals surface area contributed by atoms with Crippen molar-refractivity contribution >= 4 is 23.6 Å². The van der Waals surface area contributed by atoms with Crippen LogP contribution in [0.3, 0.4) is 0 Å². The van der Waals surface area contributed by atoms with E-state index in [-0.39, 0.29) is 49.2 Å². The third-order valence-electron chi connectivity index (χ3n) is 6.55. The Balaban J connectivity index is 1.71. The van der Waals surface area contributed by atoms with Gasteiger partial charge in [0.2, 0.25) is 11.8 Å². The average molecular weight is 494 g/mol. The first-order valence-electron chi connectivity index (χ1n) is 12.5. The third kappa shape index (κ3) is 6.11. The van der Waals surface area contributed by atoms with Crippen LogP contribution in [-0.2, 0) is 16.1 Å². The number of amides is 4. The minimum Gasteiger partial charge on any atom is -0.497 e. The molecule has 2 aromatic carbocycles. The second-order valence-corrected chi connectivity index (χ2v) is 9.02. The van der Waals surface area contributed by atoms with E-state index in [0.29, 0.717) is 29.7 Å². The van der Waals surface area contributed by atoms with Crippen LogP contribution in [0.15, 0.2) is 48.5 Å². The lowest BCUT2D eigenvalue weighted by Gasteiger charge is -2.31. The van der Waals surface area contributed by atoms with Gasteiger partial charge >= 0.3 is 0 Å². The normalized spacial score (nSPS) is 14.3. The van der Waals surface area contributed by atoms with Crippen molar-refractivity contribution in [1.29, 1.82) is 0 Å². The van der Waals surface area contributed by atoms with Crippen molar-refractivity contribution in [2.45, 2.75) is 65.1 Å². The summed E-state index contributed by atoms with van der Waals surface area (Å²) >= 11 is 0. The number of carbonyl (C=O) groups excluding carboxylic acids is 4. The molecule has 4 amide bonds. The summed E-state index contributed by atoms with van der Waals surface area (Å²) in [7, 11) is 1.59. The molecule has 36 heavy (non-hydrogen) atoms. The number of nitrogens with one attached hydrogen (secondary N) is 1. The Labute approximate surface area is 212 Å². The van der Waals surface area contributed by atoms with Crippen LogP contribution in [-0.4, -0.2) is 59.2 Å². The molecule has 1 heterocycles. The molecule has 2 aromatic rings. The first-order valence-corrected chi connectivity index (χ1v) is 12.5. The number of hydrogen-bond donors (Lipinski definition) is 1. The van der Waals surface area contributed by atoms with Crippen molar-refractivity contribution in [3.8, 4) is 5.75 Å². The van der Waals surface area contributed by atoms with Crippen LogP contribution < -0.4 is 10.1 Å². The van der Waals surface area contributed by atoms with Crippen LogP contribution >= 0.6 is 0 Å². The zero-order valence-corrected chi connectivity index (χ0v) is 21.5. The van der Waals surface area contributed by atoms with Crippen LogP contribution in [0, 0.1) is 0 Å². The maximum absolute atomic E-state index is 13.4. The van der Waals surface area contributed by atoms with Gasteiger partial charge in [0.25, 0.3) is 11.8 Å². The lowest BCUT2D eigenvalue weighted by Crippen LogP contribution is -2.50. The molecule has 0 unspecified atom stereocenters. The summed E-state index contributed by atoms with van der Waals surface area (Å²) in [6.07, 6.45) is 1.67. The van der Waals surface area contributed by atoms with Gasteiger partial charge in [0.1, 0.15) is 11.8 Å². The summed E-state index contributed by atoms with van der Waals surface area (Å²) < 4.78 is 5.22. The maximum Gasteiger partial charge on any atom is 0.261 e. The quantitative estimate of drug-likeness (QED) is 0.454. The van der Waals surface area contributed by atoms with Gasteiger partial charge in [-0.3, -0.25) is 24.1 Å².